The van der Waals surface area contributed by atoms with Gasteiger partial charge < -0.3 is 10.4 Å². The molecule has 0 aromatic heterocycles. The second-order valence-corrected chi connectivity index (χ2v) is 15.6. The van der Waals surface area contributed by atoms with Gasteiger partial charge in [-0.25, -0.2) is 13.4 Å². The van der Waals surface area contributed by atoms with E-state index in [0.717, 1.165) is 22.8 Å². The van der Waals surface area contributed by atoms with E-state index in [2.05, 4.69) is 10.7 Å². The molecule has 0 radical (unpaired) electrons. The number of hydrogen-bond acceptors (Lipinski definition) is 6. The monoisotopic (exact) mass is 636 g/mol. The summed E-state index contributed by atoms with van der Waals surface area (Å²) >= 11 is 0. The molecule has 0 bridgehead atoms. The number of amides is 2. The third kappa shape index (κ3) is 9.36. The fraction of sp³-hybridized carbons (Fsp3) is 0.486. The van der Waals surface area contributed by atoms with Gasteiger partial charge in [-0.05, 0) is 65.6 Å². The average Bonchev–Trinajstić information content (AvgIpc) is 3.53. The van der Waals surface area contributed by atoms with Crippen LogP contribution in [0.4, 0.5) is 0 Å². The van der Waals surface area contributed by atoms with Crippen molar-refractivity contribution in [2.24, 2.45) is 11.3 Å². The van der Waals surface area contributed by atoms with Gasteiger partial charge in [0.15, 0.2) is 0 Å². The molecule has 3 aromatic rings. The van der Waals surface area contributed by atoms with Crippen LogP contribution in [0.3, 0.4) is 0 Å². The highest BCUT2D eigenvalue weighted by Gasteiger charge is 2.38. The van der Waals surface area contributed by atoms with Crippen molar-refractivity contribution in [2.75, 3.05) is 19.6 Å². The maximum atomic E-state index is 14.1. The van der Waals surface area contributed by atoms with E-state index in [1.807, 2.05) is 89.2 Å². The fourth-order valence-corrected chi connectivity index (χ4v) is 7.37. The number of carbonyl (C=O) groups is 2. The van der Waals surface area contributed by atoms with E-state index in [-0.39, 0.29) is 48.6 Å². The van der Waals surface area contributed by atoms with Crippen LogP contribution >= 0.6 is 0 Å². The molecule has 1 fully saturated rings. The zero-order valence-corrected chi connectivity index (χ0v) is 27.9. The first-order chi connectivity index (χ1) is 21.2. The van der Waals surface area contributed by atoms with E-state index in [4.69, 9.17) is 0 Å². The van der Waals surface area contributed by atoms with Crippen LogP contribution in [-0.4, -0.2) is 72.5 Å². The Morgan fingerprint density at radius 2 is 1.64 bits per heavy atom. The molecule has 9 nitrogen and oxygen atoms in total. The number of hydrazine groups is 1. The molecule has 3 atom stereocenters. The zero-order valence-electron chi connectivity index (χ0n) is 27.1. The Balaban J connectivity index is 1.71. The second kappa shape index (κ2) is 14.9. The summed E-state index contributed by atoms with van der Waals surface area (Å²) in [6.45, 7) is 10.3. The van der Waals surface area contributed by atoms with Crippen molar-refractivity contribution < 1.29 is 23.1 Å². The Morgan fingerprint density at radius 1 is 0.978 bits per heavy atom. The molecule has 3 aromatic carbocycles. The smallest absolute Gasteiger partial charge is 0.255 e. The minimum Gasteiger partial charge on any atom is -0.390 e. The maximum Gasteiger partial charge on any atom is 0.255 e. The lowest BCUT2D eigenvalue weighted by molar-refractivity contribution is -0.150. The summed E-state index contributed by atoms with van der Waals surface area (Å²) in [4.78, 5) is 27.4. The van der Waals surface area contributed by atoms with Gasteiger partial charge in [-0.1, -0.05) is 95.3 Å². The molecule has 2 amide bonds. The second-order valence-electron chi connectivity index (χ2n) is 13.7. The van der Waals surface area contributed by atoms with Crippen LogP contribution < -0.4 is 10.7 Å². The predicted molar refractivity (Wildman–Crippen MR) is 178 cm³/mol. The van der Waals surface area contributed by atoms with Gasteiger partial charge in [0, 0.05) is 19.5 Å². The molecular weight excluding hydrogens is 588 g/mol. The van der Waals surface area contributed by atoms with Gasteiger partial charge >= 0.3 is 0 Å². The van der Waals surface area contributed by atoms with Crippen molar-refractivity contribution in [2.45, 2.75) is 83.4 Å². The first-order valence-electron chi connectivity index (χ1n) is 15.8. The minimum atomic E-state index is -4.03. The number of rotatable bonds is 12. The molecular formula is C35H48N4O5S. The third-order valence-electron chi connectivity index (χ3n) is 7.94. The number of nitrogens with zero attached hydrogens (tertiary/aromatic N) is 2. The minimum absolute atomic E-state index is 0.0354. The Hall–Kier alpha value is -3.31. The third-order valence-corrected chi connectivity index (χ3v) is 9.77. The van der Waals surface area contributed by atoms with Gasteiger partial charge in [-0.3, -0.25) is 15.0 Å². The van der Waals surface area contributed by atoms with Crippen LogP contribution in [0.2, 0.25) is 0 Å². The van der Waals surface area contributed by atoms with Gasteiger partial charge in [-0.15, -0.1) is 0 Å². The molecule has 1 aliphatic rings. The molecule has 1 heterocycles. The number of benzene rings is 3. The number of carbonyl (C=O) groups excluding carboxylic acids is 2. The highest BCUT2D eigenvalue weighted by molar-refractivity contribution is 7.89. The zero-order chi connectivity index (χ0) is 32.8. The van der Waals surface area contributed by atoms with Crippen LogP contribution in [0.25, 0.3) is 10.8 Å². The molecule has 45 heavy (non-hydrogen) atoms. The Morgan fingerprint density at radius 3 is 2.27 bits per heavy atom. The summed E-state index contributed by atoms with van der Waals surface area (Å²) < 4.78 is 29.6. The lowest BCUT2D eigenvalue weighted by atomic mass is 9.91. The Bertz CT molecular complexity index is 1550. The summed E-state index contributed by atoms with van der Waals surface area (Å²) in [6, 6.07) is 20.6. The van der Waals surface area contributed by atoms with Gasteiger partial charge in [0.1, 0.15) is 0 Å². The van der Waals surface area contributed by atoms with Crippen molar-refractivity contribution in [3.63, 3.8) is 0 Å². The molecule has 1 aliphatic heterocycles. The van der Waals surface area contributed by atoms with Crippen LogP contribution in [0.15, 0.2) is 77.7 Å². The van der Waals surface area contributed by atoms with Crippen LogP contribution in [0.5, 0.6) is 0 Å². The van der Waals surface area contributed by atoms with Crippen molar-refractivity contribution in [1.82, 2.24) is 20.1 Å². The first kappa shape index (κ1) is 34.6. The maximum absolute atomic E-state index is 14.1. The van der Waals surface area contributed by atoms with Crippen molar-refractivity contribution >= 4 is 32.6 Å². The Labute approximate surface area is 268 Å². The van der Waals surface area contributed by atoms with E-state index in [1.54, 1.807) is 18.2 Å². The molecule has 10 heteroatoms. The lowest BCUT2D eigenvalue weighted by Crippen LogP contribution is -2.61. The van der Waals surface area contributed by atoms with Gasteiger partial charge in [-0.2, -0.15) is 4.31 Å². The predicted octanol–water partition coefficient (Wildman–Crippen LogP) is 4.51. The molecule has 3 N–H and O–H groups in total. The SMILES string of the molecule is CC(C)CN(C[C@@H](O)[C@H](Cc1ccccc1)N(NC(=O)C1CCCN1)C(=O)CC(C)(C)C)S(=O)(=O)c1ccc2ccccc2c1. The number of fused-ring (bicyclic) bond motifs is 1. The van der Waals surface area contributed by atoms with Gasteiger partial charge in [0.05, 0.1) is 23.1 Å². The number of nitrogens with one attached hydrogen (secondary N) is 2. The van der Waals surface area contributed by atoms with E-state index in [1.165, 1.54) is 9.31 Å². The van der Waals surface area contributed by atoms with Gasteiger partial charge in [0.25, 0.3) is 5.91 Å². The molecule has 4 rings (SSSR count). The first-order valence-corrected chi connectivity index (χ1v) is 17.3. The normalized spacial score (nSPS) is 17.0. The Kier molecular flexibility index (Phi) is 11.4. The summed E-state index contributed by atoms with van der Waals surface area (Å²) in [6.07, 6.45) is 0.502. The van der Waals surface area contributed by atoms with Crippen LogP contribution in [-0.2, 0) is 26.0 Å². The summed E-state index contributed by atoms with van der Waals surface area (Å²) in [5, 5.41) is 18.1. The molecule has 244 valence electrons. The van der Waals surface area contributed by atoms with E-state index in [0.29, 0.717) is 13.0 Å². The van der Waals surface area contributed by atoms with Crippen molar-refractivity contribution in [3.8, 4) is 0 Å². The molecule has 0 saturated carbocycles. The molecule has 1 saturated heterocycles. The quantitative estimate of drug-likeness (QED) is 0.252. The van der Waals surface area contributed by atoms with Crippen LogP contribution in [0, 0.1) is 11.3 Å². The number of sulfonamides is 1. The number of aliphatic hydroxyl groups is 1. The highest BCUT2D eigenvalue weighted by Crippen LogP contribution is 2.26. The van der Waals surface area contributed by atoms with E-state index >= 15 is 0 Å². The number of aliphatic hydroxyl groups excluding tert-OH is 1. The fourth-order valence-electron chi connectivity index (χ4n) is 5.71. The van der Waals surface area contributed by atoms with Crippen LogP contribution in [0.1, 0.15) is 59.4 Å². The van der Waals surface area contributed by atoms with Crippen molar-refractivity contribution in [1.29, 1.82) is 0 Å². The summed E-state index contributed by atoms with van der Waals surface area (Å²) in [7, 11) is -4.03. The largest absolute Gasteiger partial charge is 0.390 e. The topological polar surface area (TPSA) is 119 Å². The summed E-state index contributed by atoms with van der Waals surface area (Å²) in [5.74, 6) is -0.726. The molecule has 0 aliphatic carbocycles. The molecule has 0 spiro atoms. The number of hydrogen-bond donors (Lipinski definition) is 3. The lowest BCUT2D eigenvalue weighted by Gasteiger charge is -2.38. The molecule has 1 unspecified atom stereocenters. The standard InChI is InChI=1S/C35H48N4O5S/c1-25(2)23-38(45(43,44)29-18-17-27-14-9-10-15-28(27)21-29)24-32(40)31(20-26-12-7-6-8-13-26)39(33(41)22-35(3,4)5)37-34(42)30-16-11-19-36-30/h6-10,12-15,17-18,21,25,30-32,36,40H,11,16,19-20,22-24H2,1-5H3,(H,37,42)/t30?,31-,32+/m0/s1. The summed E-state index contributed by atoms with van der Waals surface area (Å²) in [5.41, 5.74) is 3.29. The highest BCUT2D eigenvalue weighted by atomic mass is 32.2. The van der Waals surface area contributed by atoms with Crippen molar-refractivity contribution in [3.05, 3.63) is 78.4 Å². The average molecular weight is 637 g/mol. The van der Waals surface area contributed by atoms with Gasteiger partial charge in [0.2, 0.25) is 15.9 Å². The van der Waals surface area contributed by atoms with E-state index < -0.39 is 33.6 Å². The van der Waals surface area contributed by atoms with E-state index in [9.17, 15) is 23.1 Å².